The minimum absolute atomic E-state index is 0.406. The van der Waals surface area contributed by atoms with E-state index in [-0.39, 0.29) is 0 Å². The van der Waals surface area contributed by atoms with Gasteiger partial charge in [-0.2, -0.15) is 0 Å². The quantitative estimate of drug-likeness (QED) is 0.834. The number of carboxylic acids is 1. The molecule has 0 atom stereocenters. The molecule has 0 radical (unpaired) electrons. The second-order valence-electron chi connectivity index (χ2n) is 4.44. The Morgan fingerprint density at radius 2 is 2.19 bits per heavy atom. The number of nitrogens with zero attached hydrogens (tertiary/aromatic N) is 1. The zero-order valence-electron chi connectivity index (χ0n) is 11.2. The minimum atomic E-state index is -1.07. The molecular weight excluding hydrogens is 313 g/mol. The van der Waals surface area contributed by atoms with E-state index in [0.29, 0.717) is 16.4 Å². The Balaban J connectivity index is 2.27. The largest absolute Gasteiger partial charge is 0.478 e. The number of rotatable bonds is 5. The summed E-state index contributed by atoms with van der Waals surface area (Å²) in [4.78, 5) is 13.6. The molecule has 0 unspecified atom stereocenters. The molecule has 6 heteroatoms. The fraction of sp³-hybridized carbons (Fsp3) is 0.133. The molecule has 21 heavy (non-hydrogen) atoms. The van der Waals surface area contributed by atoms with Crippen LogP contribution in [0.3, 0.4) is 0 Å². The third-order valence-electron chi connectivity index (χ3n) is 2.83. The van der Waals surface area contributed by atoms with Crippen LogP contribution in [0, 0.1) is 5.82 Å². The number of halogens is 2. The fourth-order valence-electron chi connectivity index (χ4n) is 1.92. The van der Waals surface area contributed by atoms with Crippen molar-refractivity contribution in [1.82, 2.24) is 0 Å². The number of hydrogen-bond acceptors (Lipinski definition) is 3. The molecule has 2 aromatic rings. The SMILES string of the molecule is CN(Cc1ccc(Cl)s1)c1ccc(F)cc1C=CC(=O)O. The van der Waals surface area contributed by atoms with Crippen LogP contribution in [0.1, 0.15) is 10.4 Å². The summed E-state index contributed by atoms with van der Waals surface area (Å²) >= 11 is 7.38. The zero-order chi connectivity index (χ0) is 15.4. The van der Waals surface area contributed by atoms with Crippen LogP contribution in [0.4, 0.5) is 10.1 Å². The summed E-state index contributed by atoms with van der Waals surface area (Å²) in [6, 6.07) is 8.05. The van der Waals surface area contributed by atoms with Gasteiger partial charge < -0.3 is 10.0 Å². The lowest BCUT2D eigenvalue weighted by molar-refractivity contribution is -0.131. The van der Waals surface area contributed by atoms with Crippen LogP contribution in [0.2, 0.25) is 4.34 Å². The first-order chi connectivity index (χ1) is 9.95. The predicted molar refractivity (Wildman–Crippen MR) is 84.5 cm³/mol. The third kappa shape index (κ3) is 4.31. The molecule has 0 bridgehead atoms. The van der Waals surface area contributed by atoms with Crippen LogP contribution in [-0.2, 0) is 11.3 Å². The van der Waals surface area contributed by atoms with Gasteiger partial charge in [-0.3, -0.25) is 0 Å². The molecule has 1 aromatic heterocycles. The van der Waals surface area contributed by atoms with Crippen molar-refractivity contribution < 1.29 is 14.3 Å². The number of carboxylic acid groups (broad SMARTS) is 1. The van der Waals surface area contributed by atoms with Gasteiger partial charge in [0.25, 0.3) is 0 Å². The van der Waals surface area contributed by atoms with Gasteiger partial charge in [0.05, 0.1) is 10.9 Å². The van der Waals surface area contributed by atoms with Crippen LogP contribution in [0.25, 0.3) is 6.08 Å². The predicted octanol–water partition coefficient (Wildman–Crippen LogP) is 4.27. The summed E-state index contributed by atoms with van der Waals surface area (Å²) in [5.41, 5.74) is 1.26. The molecule has 0 aliphatic rings. The van der Waals surface area contributed by atoms with E-state index in [1.807, 2.05) is 24.1 Å². The third-order valence-corrected chi connectivity index (χ3v) is 4.04. The molecule has 0 aliphatic heterocycles. The van der Waals surface area contributed by atoms with E-state index < -0.39 is 11.8 Å². The van der Waals surface area contributed by atoms with Crippen molar-refractivity contribution >= 4 is 40.7 Å². The smallest absolute Gasteiger partial charge is 0.328 e. The van der Waals surface area contributed by atoms with Gasteiger partial charge in [0.1, 0.15) is 5.82 Å². The summed E-state index contributed by atoms with van der Waals surface area (Å²) in [6.07, 6.45) is 2.38. The molecule has 2 rings (SSSR count). The number of hydrogen-bond donors (Lipinski definition) is 1. The molecule has 1 N–H and O–H groups in total. The van der Waals surface area contributed by atoms with Gasteiger partial charge in [-0.05, 0) is 36.4 Å². The maximum Gasteiger partial charge on any atom is 0.328 e. The number of carbonyl (C=O) groups is 1. The Bertz CT molecular complexity index is 684. The Labute approximate surface area is 130 Å². The van der Waals surface area contributed by atoms with Crippen molar-refractivity contribution in [3.05, 3.63) is 57.0 Å². The minimum Gasteiger partial charge on any atom is -0.478 e. The van der Waals surface area contributed by atoms with Crippen molar-refractivity contribution in [3.8, 4) is 0 Å². The van der Waals surface area contributed by atoms with Crippen LogP contribution in [0.15, 0.2) is 36.4 Å². The number of benzene rings is 1. The fourth-order valence-corrected chi connectivity index (χ4v) is 3.06. The maximum absolute atomic E-state index is 13.4. The molecule has 110 valence electrons. The van der Waals surface area contributed by atoms with E-state index in [0.717, 1.165) is 16.6 Å². The Kier molecular flexibility index (Phi) is 4.98. The Morgan fingerprint density at radius 1 is 1.43 bits per heavy atom. The normalized spacial score (nSPS) is 11.0. The van der Waals surface area contributed by atoms with Gasteiger partial charge in [0, 0.05) is 29.3 Å². The van der Waals surface area contributed by atoms with E-state index in [4.69, 9.17) is 16.7 Å². The van der Waals surface area contributed by atoms with Crippen LogP contribution in [-0.4, -0.2) is 18.1 Å². The van der Waals surface area contributed by atoms with Gasteiger partial charge in [-0.25, -0.2) is 9.18 Å². The summed E-state index contributed by atoms with van der Waals surface area (Å²) in [6.45, 7) is 0.608. The van der Waals surface area contributed by atoms with Gasteiger partial charge in [0.15, 0.2) is 0 Å². The van der Waals surface area contributed by atoms with Gasteiger partial charge >= 0.3 is 5.97 Å². The first-order valence-corrected chi connectivity index (χ1v) is 7.31. The Hall–Kier alpha value is -1.85. The second kappa shape index (κ2) is 6.74. The lowest BCUT2D eigenvalue weighted by Gasteiger charge is -2.21. The molecule has 3 nitrogen and oxygen atoms in total. The molecule has 0 spiro atoms. The first-order valence-electron chi connectivity index (χ1n) is 6.11. The molecule has 0 saturated heterocycles. The summed E-state index contributed by atoms with van der Waals surface area (Å²) < 4.78 is 14.1. The van der Waals surface area contributed by atoms with E-state index in [2.05, 4.69) is 0 Å². The monoisotopic (exact) mass is 325 g/mol. The standard InChI is InChI=1S/C15H13ClFNO2S/c1-18(9-12-4-6-14(16)21-12)13-5-3-11(17)8-10(13)2-7-15(19)20/h2-8H,9H2,1H3,(H,19,20). The zero-order valence-corrected chi connectivity index (χ0v) is 12.8. The number of anilines is 1. The van der Waals surface area contributed by atoms with Crippen molar-refractivity contribution in [2.75, 3.05) is 11.9 Å². The average Bonchev–Trinajstić information content (AvgIpc) is 2.81. The molecule has 0 amide bonds. The lowest BCUT2D eigenvalue weighted by Crippen LogP contribution is -2.16. The first kappa shape index (κ1) is 15.5. The van der Waals surface area contributed by atoms with Gasteiger partial charge in [-0.15, -0.1) is 11.3 Å². The highest BCUT2D eigenvalue weighted by molar-refractivity contribution is 7.16. The maximum atomic E-state index is 13.4. The molecule has 1 aromatic carbocycles. The highest BCUT2D eigenvalue weighted by Gasteiger charge is 2.09. The van der Waals surface area contributed by atoms with Crippen LogP contribution >= 0.6 is 22.9 Å². The average molecular weight is 326 g/mol. The summed E-state index contributed by atoms with van der Waals surface area (Å²) in [5.74, 6) is -1.48. The van der Waals surface area contributed by atoms with Gasteiger partial charge in [-0.1, -0.05) is 11.6 Å². The molecule has 0 saturated carbocycles. The van der Waals surface area contributed by atoms with Crippen LogP contribution < -0.4 is 4.90 Å². The van der Waals surface area contributed by atoms with Gasteiger partial charge in [0.2, 0.25) is 0 Å². The van der Waals surface area contributed by atoms with Crippen molar-refractivity contribution in [2.45, 2.75) is 6.54 Å². The number of aliphatic carboxylic acids is 1. The molecule has 0 fully saturated rings. The highest BCUT2D eigenvalue weighted by Crippen LogP contribution is 2.27. The van der Waals surface area contributed by atoms with Crippen LogP contribution in [0.5, 0.6) is 0 Å². The van der Waals surface area contributed by atoms with Crippen molar-refractivity contribution in [2.24, 2.45) is 0 Å². The topological polar surface area (TPSA) is 40.5 Å². The van der Waals surface area contributed by atoms with Crippen molar-refractivity contribution in [3.63, 3.8) is 0 Å². The molecule has 1 heterocycles. The molecule has 0 aliphatic carbocycles. The molecular formula is C15H13ClFNO2S. The Morgan fingerprint density at radius 3 is 2.81 bits per heavy atom. The summed E-state index contributed by atoms with van der Waals surface area (Å²) in [5, 5.41) is 8.70. The summed E-state index contributed by atoms with van der Waals surface area (Å²) in [7, 11) is 1.86. The second-order valence-corrected chi connectivity index (χ2v) is 6.24. The lowest BCUT2D eigenvalue weighted by atomic mass is 10.1. The highest BCUT2D eigenvalue weighted by atomic mass is 35.5. The number of thiophene rings is 1. The van der Waals surface area contributed by atoms with E-state index >= 15 is 0 Å². The van der Waals surface area contributed by atoms with E-state index in [1.165, 1.54) is 29.5 Å². The van der Waals surface area contributed by atoms with Crippen molar-refractivity contribution in [1.29, 1.82) is 0 Å². The van der Waals surface area contributed by atoms with E-state index in [1.54, 1.807) is 6.07 Å². The van der Waals surface area contributed by atoms with E-state index in [9.17, 15) is 9.18 Å².